The van der Waals surface area contributed by atoms with Crippen LogP contribution in [0.3, 0.4) is 0 Å². The minimum Gasteiger partial charge on any atom is -0.491 e. The molecule has 2 aromatic rings. The lowest BCUT2D eigenvalue weighted by molar-refractivity contribution is 0.0618. The lowest BCUT2D eigenvalue weighted by atomic mass is 10.1. The van der Waals surface area contributed by atoms with Crippen molar-refractivity contribution in [3.8, 4) is 5.75 Å². The molecule has 22 heavy (non-hydrogen) atoms. The van der Waals surface area contributed by atoms with E-state index in [1.165, 1.54) is 24.6 Å². The number of hydrogen-bond donors (Lipinski definition) is 1. The molecule has 3 rings (SSSR count). The van der Waals surface area contributed by atoms with Crippen molar-refractivity contribution >= 4 is 26.7 Å². The molecule has 4 heteroatoms. The van der Waals surface area contributed by atoms with Crippen molar-refractivity contribution in [2.45, 2.75) is 25.4 Å². The van der Waals surface area contributed by atoms with Gasteiger partial charge in [0.05, 0.1) is 0 Å². The fourth-order valence-electron chi connectivity index (χ4n) is 2.97. The Morgan fingerprint density at radius 3 is 2.59 bits per heavy atom. The van der Waals surface area contributed by atoms with Crippen LogP contribution >= 0.6 is 15.9 Å². The summed E-state index contributed by atoms with van der Waals surface area (Å²) in [7, 11) is 0. The van der Waals surface area contributed by atoms with Crippen LogP contribution in [0.25, 0.3) is 10.8 Å². The maximum absolute atomic E-state index is 10.1. The van der Waals surface area contributed by atoms with Crippen molar-refractivity contribution in [3.05, 3.63) is 40.9 Å². The highest BCUT2D eigenvalue weighted by Gasteiger charge is 2.15. The number of piperidine rings is 1. The Labute approximate surface area is 140 Å². The van der Waals surface area contributed by atoms with Gasteiger partial charge in [-0.25, -0.2) is 0 Å². The third-order valence-electron chi connectivity index (χ3n) is 4.13. The molecule has 0 amide bonds. The molecule has 1 saturated heterocycles. The number of rotatable bonds is 5. The Morgan fingerprint density at radius 1 is 1.05 bits per heavy atom. The van der Waals surface area contributed by atoms with E-state index >= 15 is 0 Å². The molecule has 0 aromatic heterocycles. The van der Waals surface area contributed by atoms with E-state index in [2.05, 4.69) is 33.0 Å². The van der Waals surface area contributed by atoms with Gasteiger partial charge in [-0.2, -0.15) is 0 Å². The van der Waals surface area contributed by atoms with Crippen LogP contribution in [-0.4, -0.2) is 42.4 Å². The number of ether oxygens (including phenoxy) is 1. The summed E-state index contributed by atoms with van der Waals surface area (Å²) < 4.78 is 6.83. The molecule has 1 aliphatic heterocycles. The summed E-state index contributed by atoms with van der Waals surface area (Å²) in [5, 5.41) is 12.5. The van der Waals surface area contributed by atoms with Gasteiger partial charge in [-0.1, -0.05) is 34.5 Å². The second-order valence-electron chi connectivity index (χ2n) is 5.98. The van der Waals surface area contributed by atoms with Crippen LogP contribution in [0.1, 0.15) is 19.3 Å². The van der Waals surface area contributed by atoms with E-state index in [4.69, 9.17) is 4.74 Å². The van der Waals surface area contributed by atoms with Gasteiger partial charge in [0, 0.05) is 11.0 Å². The third kappa shape index (κ3) is 4.22. The van der Waals surface area contributed by atoms with Gasteiger partial charge < -0.3 is 14.7 Å². The molecule has 2 aromatic carbocycles. The quantitative estimate of drug-likeness (QED) is 0.875. The number of fused-ring (bicyclic) bond motifs is 1. The number of aliphatic hydroxyl groups is 1. The van der Waals surface area contributed by atoms with E-state index in [-0.39, 0.29) is 0 Å². The first-order valence-corrected chi connectivity index (χ1v) is 8.72. The highest BCUT2D eigenvalue weighted by atomic mass is 79.9. The van der Waals surface area contributed by atoms with Crippen molar-refractivity contribution in [1.82, 2.24) is 4.90 Å². The van der Waals surface area contributed by atoms with Crippen LogP contribution in [0.4, 0.5) is 0 Å². The average Bonchev–Trinajstić information content (AvgIpc) is 2.54. The SMILES string of the molecule is OC(COc1ccc2cc(Br)ccc2c1)CN1CCCCC1. The number of halogens is 1. The van der Waals surface area contributed by atoms with Crippen LogP contribution in [0, 0.1) is 0 Å². The smallest absolute Gasteiger partial charge is 0.120 e. The number of hydrogen-bond acceptors (Lipinski definition) is 3. The molecule has 0 saturated carbocycles. The topological polar surface area (TPSA) is 32.7 Å². The monoisotopic (exact) mass is 363 g/mol. The largest absolute Gasteiger partial charge is 0.491 e. The molecule has 0 radical (unpaired) electrons. The van der Waals surface area contributed by atoms with Crippen LogP contribution < -0.4 is 4.74 Å². The van der Waals surface area contributed by atoms with E-state index in [1.54, 1.807) is 0 Å². The van der Waals surface area contributed by atoms with Crippen LogP contribution in [0.5, 0.6) is 5.75 Å². The fourth-order valence-corrected chi connectivity index (χ4v) is 3.35. The number of benzene rings is 2. The molecule has 0 spiro atoms. The second-order valence-corrected chi connectivity index (χ2v) is 6.90. The summed E-state index contributed by atoms with van der Waals surface area (Å²) in [6.45, 7) is 3.25. The standard InChI is InChI=1S/C18H22BrNO2/c19-16-6-4-15-11-18(7-5-14(15)10-16)22-13-17(21)12-20-8-2-1-3-9-20/h4-7,10-11,17,21H,1-3,8-9,12-13H2. The Hall–Kier alpha value is -1.10. The Bertz CT molecular complexity index is 626. The fraction of sp³-hybridized carbons (Fsp3) is 0.444. The molecule has 1 atom stereocenters. The molecule has 1 heterocycles. The average molecular weight is 364 g/mol. The van der Waals surface area contributed by atoms with Gasteiger partial charge in [-0.05, 0) is 61.0 Å². The maximum atomic E-state index is 10.1. The van der Waals surface area contributed by atoms with Crippen LogP contribution in [0.2, 0.25) is 0 Å². The first-order chi connectivity index (χ1) is 10.7. The van der Waals surface area contributed by atoms with Gasteiger partial charge in [0.1, 0.15) is 18.5 Å². The molecule has 1 unspecified atom stereocenters. The van der Waals surface area contributed by atoms with Crippen molar-refractivity contribution in [3.63, 3.8) is 0 Å². The minimum absolute atomic E-state index is 0.346. The number of β-amino-alcohol motifs (C(OH)–C–C–N with tert-alkyl or cyclic N) is 1. The predicted molar refractivity (Wildman–Crippen MR) is 93.4 cm³/mol. The summed E-state index contributed by atoms with van der Waals surface area (Å²) >= 11 is 3.48. The van der Waals surface area contributed by atoms with Gasteiger partial charge >= 0.3 is 0 Å². The highest BCUT2D eigenvalue weighted by Crippen LogP contribution is 2.24. The van der Waals surface area contributed by atoms with E-state index in [9.17, 15) is 5.11 Å². The van der Waals surface area contributed by atoms with E-state index in [0.717, 1.165) is 28.7 Å². The first-order valence-electron chi connectivity index (χ1n) is 7.93. The van der Waals surface area contributed by atoms with Gasteiger partial charge in [-0.3, -0.25) is 0 Å². The first kappa shape index (κ1) is 15.8. The zero-order valence-corrected chi connectivity index (χ0v) is 14.3. The molecule has 0 bridgehead atoms. The van der Waals surface area contributed by atoms with Crippen molar-refractivity contribution in [1.29, 1.82) is 0 Å². The lowest BCUT2D eigenvalue weighted by Crippen LogP contribution is -2.38. The Balaban J connectivity index is 1.55. The van der Waals surface area contributed by atoms with Gasteiger partial charge in [0.15, 0.2) is 0 Å². The highest BCUT2D eigenvalue weighted by molar-refractivity contribution is 9.10. The second kappa shape index (κ2) is 7.44. The zero-order chi connectivity index (χ0) is 15.4. The molecule has 1 N–H and O–H groups in total. The van der Waals surface area contributed by atoms with E-state index in [0.29, 0.717) is 13.2 Å². The van der Waals surface area contributed by atoms with Crippen LogP contribution in [-0.2, 0) is 0 Å². The number of nitrogens with zero attached hydrogens (tertiary/aromatic N) is 1. The van der Waals surface area contributed by atoms with Gasteiger partial charge in [0.25, 0.3) is 0 Å². The van der Waals surface area contributed by atoms with Crippen LogP contribution in [0.15, 0.2) is 40.9 Å². The summed E-state index contributed by atoms with van der Waals surface area (Å²) in [6, 6.07) is 12.2. The summed E-state index contributed by atoms with van der Waals surface area (Å²) in [6.07, 6.45) is 3.37. The van der Waals surface area contributed by atoms with Crippen molar-refractivity contribution in [2.24, 2.45) is 0 Å². The van der Waals surface area contributed by atoms with E-state index in [1.807, 2.05) is 24.3 Å². The Morgan fingerprint density at radius 2 is 1.77 bits per heavy atom. The molecular weight excluding hydrogens is 342 g/mol. The molecule has 1 fully saturated rings. The molecule has 118 valence electrons. The Kier molecular flexibility index (Phi) is 5.34. The number of likely N-dealkylation sites (tertiary alicyclic amines) is 1. The lowest BCUT2D eigenvalue weighted by Gasteiger charge is -2.28. The van der Waals surface area contributed by atoms with E-state index < -0.39 is 6.10 Å². The molecule has 1 aliphatic rings. The maximum Gasteiger partial charge on any atom is 0.120 e. The number of aliphatic hydroxyl groups excluding tert-OH is 1. The molecule has 0 aliphatic carbocycles. The van der Waals surface area contributed by atoms with Crippen molar-refractivity contribution < 1.29 is 9.84 Å². The molecular formula is C18H22BrNO2. The predicted octanol–water partition coefficient (Wildman–Crippen LogP) is 3.83. The summed E-state index contributed by atoms with van der Waals surface area (Å²) in [5.41, 5.74) is 0. The molecule has 3 nitrogen and oxygen atoms in total. The summed E-state index contributed by atoms with van der Waals surface area (Å²) in [4.78, 5) is 2.33. The summed E-state index contributed by atoms with van der Waals surface area (Å²) in [5.74, 6) is 0.813. The third-order valence-corrected chi connectivity index (χ3v) is 4.63. The van der Waals surface area contributed by atoms with Gasteiger partial charge in [0.2, 0.25) is 0 Å². The normalized spacial score (nSPS) is 17.5. The van der Waals surface area contributed by atoms with Gasteiger partial charge in [-0.15, -0.1) is 0 Å². The zero-order valence-electron chi connectivity index (χ0n) is 12.7. The minimum atomic E-state index is -0.432. The van der Waals surface area contributed by atoms with Crippen molar-refractivity contribution in [2.75, 3.05) is 26.2 Å².